The van der Waals surface area contributed by atoms with Crippen molar-refractivity contribution in [2.75, 3.05) is 19.0 Å². The van der Waals surface area contributed by atoms with Gasteiger partial charge in [0, 0.05) is 5.69 Å². The lowest BCUT2D eigenvalue weighted by Crippen LogP contribution is -2.45. The van der Waals surface area contributed by atoms with Crippen LogP contribution in [0.2, 0.25) is 0 Å². The Morgan fingerprint density at radius 3 is 2.47 bits per heavy atom. The van der Waals surface area contributed by atoms with E-state index in [0.717, 1.165) is 0 Å². The van der Waals surface area contributed by atoms with E-state index in [2.05, 4.69) is 15.4 Å². The lowest BCUT2D eigenvalue weighted by molar-refractivity contribution is -0.150. The van der Waals surface area contributed by atoms with E-state index in [-0.39, 0.29) is 17.2 Å². The minimum Gasteiger partial charge on any atom is -0.465 e. The van der Waals surface area contributed by atoms with Crippen LogP contribution in [0.15, 0.2) is 41.0 Å². The van der Waals surface area contributed by atoms with E-state index in [9.17, 15) is 19.2 Å². The third-order valence-electron chi connectivity index (χ3n) is 4.23. The molecule has 1 aromatic carbocycles. The summed E-state index contributed by atoms with van der Waals surface area (Å²) in [5.41, 5.74) is 1.38. The third kappa shape index (κ3) is 5.94. The number of carbonyl (C=O) groups is 4. The molecule has 160 valence electrons. The second-order valence-corrected chi connectivity index (χ2v) is 6.85. The number of hydrogen-bond acceptors (Lipinski definition) is 7. The zero-order valence-corrected chi connectivity index (χ0v) is 17.2. The lowest BCUT2D eigenvalue weighted by atomic mass is 10.0. The highest BCUT2D eigenvalue weighted by Gasteiger charge is 2.27. The Morgan fingerprint density at radius 2 is 1.87 bits per heavy atom. The Morgan fingerprint density at radius 1 is 1.13 bits per heavy atom. The van der Waals surface area contributed by atoms with Crippen LogP contribution in [0.25, 0.3) is 0 Å². The molecule has 0 fully saturated rings. The molecule has 1 aromatic heterocycles. The van der Waals surface area contributed by atoms with Crippen molar-refractivity contribution in [2.24, 2.45) is 5.92 Å². The maximum atomic E-state index is 12.4. The summed E-state index contributed by atoms with van der Waals surface area (Å²) in [6, 6.07) is 6.77. The van der Waals surface area contributed by atoms with Crippen molar-refractivity contribution in [2.45, 2.75) is 26.8 Å². The quantitative estimate of drug-likeness (QED) is 0.633. The van der Waals surface area contributed by atoms with E-state index in [1.807, 2.05) is 0 Å². The van der Waals surface area contributed by atoms with Crippen LogP contribution in [0.3, 0.4) is 0 Å². The Bertz CT molecular complexity index is 919. The van der Waals surface area contributed by atoms with Crippen LogP contribution in [0.5, 0.6) is 0 Å². The smallest absolute Gasteiger partial charge is 0.337 e. The topological polar surface area (TPSA) is 124 Å². The zero-order chi connectivity index (χ0) is 22.3. The Kier molecular flexibility index (Phi) is 7.74. The number of amides is 2. The summed E-state index contributed by atoms with van der Waals surface area (Å²) in [5, 5.41) is 5.13. The molecule has 2 N–H and O–H groups in total. The number of hydrogen-bond donors (Lipinski definition) is 2. The molecule has 2 rings (SSSR count). The first-order chi connectivity index (χ1) is 14.2. The highest BCUT2D eigenvalue weighted by Crippen LogP contribution is 2.17. The van der Waals surface area contributed by atoms with Crippen molar-refractivity contribution in [3.05, 3.63) is 53.5 Å². The number of aryl methyl sites for hydroxylation is 1. The van der Waals surface area contributed by atoms with Gasteiger partial charge < -0.3 is 24.5 Å². The molecule has 0 unspecified atom stereocenters. The number of furan rings is 1. The summed E-state index contributed by atoms with van der Waals surface area (Å²) in [7, 11) is 1.26. The number of esters is 2. The van der Waals surface area contributed by atoms with Gasteiger partial charge in [-0.2, -0.15) is 0 Å². The molecule has 0 spiro atoms. The molecular formula is C21H24N2O7. The van der Waals surface area contributed by atoms with Crippen molar-refractivity contribution in [3.63, 3.8) is 0 Å². The van der Waals surface area contributed by atoms with Crippen molar-refractivity contribution >= 4 is 29.4 Å². The van der Waals surface area contributed by atoms with E-state index in [0.29, 0.717) is 11.3 Å². The van der Waals surface area contributed by atoms with E-state index < -0.39 is 36.4 Å². The van der Waals surface area contributed by atoms with Crippen LogP contribution < -0.4 is 10.6 Å². The number of anilines is 1. The second-order valence-electron chi connectivity index (χ2n) is 6.85. The van der Waals surface area contributed by atoms with Gasteiger partial charge in [0.15, 0.2) is 12.4 Å². The van der Waals surface area contributed by atoms with Gasteiger partial charge in [-0.25, -0.2) is 9.59 Å². The fraction of sp³-hybridized carbons (Fsp3) is 0.333. The Hall–Kier alpha value is -3.62. The Balaban J connectivity index is 1.96. The first-order valence-corrected chi connectivity index (χ1v) is 9.22. The normalized spacial score (nSPS) is 11.5. The molecule has 2 aromatic rings. The molecule has 0 saturated carbocycles. The largest absolute Gasteiger partial charge is 0.465 e. The summed E-state index contributed by atoms with van der Waals surface area (Å²) >= 11 is 0. The van der Waals surface area contributed by atoms with Crippen molar-refractivity contribution in [3.8, 4) is 0 Å². The zero-order valence-electron chi connectivity index (χ0n) is 17.2. The summed E-state index contributed by atoms with van der Waals surface area (Å²) < 4.78 is 14.7. The van der Waals surface area contributed by atoms with Gasteiger partial charge in [-0.15, -0.1) is 0 Å². The van der Waals surface area contributed by atoms with Gasteiger partial charge in [0.05, 0.1) is 18.9 Å². The van der Waals surface area contributed by atoms with E-state index in [1.165, 1.54) is 25.5 Å². The monoisotopic (exact) mass is 416 g/mol. The van der Waals surface area contributed by atoms with Gasteiger partial charge in [-0.1, -0.05) is 19.9 Å². The van der Waals surface area contributed by atoms with Gasteiger partial charge in [0.2, 0.25) is 0 Å². The van der Waals surface area contributed by atoms with E-state index >= 15 is 0 Å². The van der Waals surface area contributed by atoms with Gasteiger partial charge in [0.25, 0.3) is 11.8 Å². The molecule has 0 radical (unpaired) electrons. The SMILES string of the molecule is COC(=O)c1ccc(C)c(NC(=O)COC(=O)[C@@H](NC(=O)c2ccco2)C(C)C)c1. The van der Waals surface area contributed by atoms with Crippen LogP contribution in [0.4, 0.5) is 5.69 Å². The first kappa shape index (κ1) is 22.7. The predicted octanol–water partition coefficient (Wildman–Crippen LogP) is 2.31. The van der Waals surface area contributed by atoms with Crippen LogP contribution in [0, 0.1) is 12.8 Å². The maximum Gasteiger partial charge on any atom is 0.337 e. The number of ether oxygens (including phenoxy) is 2. The maximum absolute atomic E-state index is 12.4. The molecule has 2 amide bonds. The van der Waals surface area contributed by atoms with Crippen molar-refractivity contribution in [1.29, 1.82) is 0 Å². The first-order valence-electron chi connectivity index (χ1n) is 9.22. The molecule has 1 heterocycles. The highest BCUT2D eigenvalue weighted by atomic mass is 16.5. The average molecular weight is 416 g/mol. The van der Waals surface area contributed by atoms with E-state index in [1.54, 1.807) is 39.0 Å². The van der Waals surface area contributed by atoms with Crippen LogP contribution in [-0.4, -0.2) is 43.5 Å². The molecular weight excluding hydrogens is 392 g/mol. The third-order valence-corrected chi connectivity index (χ3v) is 4.23. The highest BCUT2D eigenvalue weighted by molar-refractivity contribution is 5.97. The predicted molar refractivity (Wildman–Crippen MR) is 107 cm³/mol. The fourth-order valence-corrected chi connectivity index (χ4v) is 2.53. The van der Waals surface area contributed by atoms with Gasteiger partial charge >= 0.3 is 11.9 Å². The van der Waals surface area contributed by atoms with Crippen molar-refractivity contribution in [1.82, 2.24) is 5.32 Å². The molecule has 9 nitrogen and oxygen atoms in total. The molecule has 9 heteroatoms. The second kappa shape index (κ2) is 10.2. The summed E-state index contributed by atoms with van der Waals surface area (Å²) in [4.78, 5) is 48.4. The summed E-state index contributed by atoms with van der Waals surface area (Å²) in [6.45, 7) is 4.66. The number of carbonyl (C=O) groups excluding carboxylic acids is 4. The molecule has 30 heavy (non-hydrogen) atoms. The van der Waals surface area contributed by atoms with Gasteiger partial charge in [0.1, 0.15) is 6.04 Å². The minimum absolute atomic E-state index is 0.0622. The minimum atomic E-state index is -0.959. The lowest BCUT2D eigenvalue weighted by Gasteiger charge is -2.20. The Labute approximate surface area is 173 Å². The number of benzene rings is 1. The molecule has 0 aliphatic carbocycles. The molecule has 0 saturated heterocycles. The summed E-state index contributed by atoms with van der Waals surface area (Å²) in [6.07, 6.45) is 1.35. The average Bonchev–Trinajstić information content (AvgIpc) is 3.26. The molecule has 1 atom stereocenters. The van der Waals surface area contributed by atoms with Gasteiger partial charge in [-0.3, -0.25) is 9.59 Å². The molecule has 0 aliphatic rings. The van der Waals surface area contributed by atoms with Crippen LogP contribution in [0.1, 0.15) is 40.3 Å². The molecule has 0 aliphatic heterocycles. The fourth-order valence-electron chi connectivity index (χ4n) is 2.53. The standard InChI is InChI=1S/C21H24N2O7/c1-12(2)18(23-19(25)16-6-5-9-29-16)21(27)30-11-17(24)22-15-10-14(20(26)28-4)8-7-13(15)3/h5-10,12,18H,11H2,1-4H3,(H,22,24)(H,23,25)/t18-/m0/s1. The molecule has 0 bridgehead atoms. The van der Waals surface area contributed by atoms with Crippen molar-refractivity contribution < 1.29 is 33.1 Å². The number of methoxy groups -OCH3 is 1. The van der Waals surface area contributed by atoms with Crippen LogP contribution in [-0.2, 0) is 19.1 Å². The van der Waals surface area contributed by atoms with Gasteiger partial charge in [-0.05, 0) is 42.7 Å². The number of rotatable bonds is 8. The summed E-state index contributed by atoms with van der Waals surface area (Å²) in [5.74, 6) is -2.65. The van der Waals surface area contributed by atoms with Crippen LogP contribution >= 0.6 is 0 Å². The van der Waals surface area contributed by atoms with E-state index in [4.69, 9.17) is 9.15 Å². The number of nitrogens with one attached hydrogen (secondary N) is 2.